The fraction of sp³-hybridized carbons (Fsp3) is 0.190. The van der Waals surface area contributed by atoms with E-state index in [2.05, 4.69) is 17.3 Å². The summed E-state index contributed by atoms with van der Waals surface area (Å²) in [5.74, 6) is -0.142. The van der Waals surface area contributed by atoms with Crippen LogP contribution in [0.1, 0.15) is 29.8 Å². The van der Waals surface area contributed by atoms with E-state index >= 15 is 0 Å². The Hall–Kier alpha value is -2.99. The van der Waals surface area contributed by atoms with Gasteiger partial charge in [0, 0.05) is 12.2 Å². The Labute approximate surface area is 161 Å². The maximum atomic E-state index is 13.1. The number of carbonyl (C=O) groups is 1. The Morgan fingerprint density at radius 2 is 2.04 bits per heavy atom. The number of hydrogen-bond donors (Lipinski definition) is 1. The van der Waals surface area contributed by atoms with Crippen molar-refractivity contribution in [2.45, 2.75) is 26.8 Å². The highest BCUT2D eigenvalue weighted by molar-refractivity contribution is 7.13. The molecule has 0 fully saturated rings. The lowest BCUT2D eigenvalue weighted by atomic mass is 10.1. The number of rotatable bonds is 5. The van der Waals surface area contributed by atoms with Crippen molar-refractivity contribution in [1.82, 2.24) is 14.8 Å². The van der Waals surface area contributed by atoms with Gasteiger partial charge in [-0.1, -0.05) is 31.2 Å². The first-order valence-corrected chi connectivity index (χ1v) is 9.89. The highest BCUT2D eigenvalue weighted by atomic mass is 32.1. The number of fused-ring (bicyclic) bond motifs is 1. The Balaban J connectivity index is 1.82. The molecule has 4 aromatic rings. The molecule has 0 saturated carbocycles. The highest BCUT2D eigenvalue weighted by Crippen LogP contribution is 2.28. The van der Waals surface area contributed by atoms with Crippen LogP contribution in [0.15, 0.2) is 54.0 Å². The van der Waals surface area contributed by atoms with Gasteiger partial charge in [0.25, 0.3) is 5.91 Å². The van der Waals surface area contributed by atoms with Crippen LogP contribution >= 0.6 is 11.3 Å². The van der Waals surface area contributed by atoms with E-state index in [1.807, 2.05) is 59.5 Å². The van der Waals surface area contributed by atoms with Gasteiger partial charge in [-0.2, -0.15) is 5.10 Å². The largest absolute Gasteiger partial charge is 0.322 e. The Kier molecular flexibility index (Phi) is 4.73. The minimum Gasteiger partial charge on any atom is -0.322 e. The zero-order chi connectivity index (χ0) is 18.8. The number of thiophene rings is 1. The third kappa shape index (κ3) is 3.24. The molecule has 0 bridgehead atoms. The lowest BCUT2D eigenvalue weighted by Gasteiger charge is -2.11. The van der Waals surface area contributed by atoms with Crippen LogP contribution in [0.4, 0.5) is 5.69 Å². The summed E-state index contributed by atoms with van der Waals surface area (Å²) in [6, 6.07) is 13.7. The number of nitrogens with one attached hydrogen (secondary N) is 1. The Morgan fingerprint density at radius 3 is 2.78 bits per heavy atom. The molecule has 0 atom stereocenters. The van der Waals surface area contributed by atoms with Gasteiger partial charge in [-0.25, -0.2) is 9.67 Å². The molecule has 1 aromatic carbocycles. The van der Waals surface area contributed by atoms with Crippen molar-refractivity contribution in [2.24, 2.45) is 0 Å². The second kappa shape index (κ2) is 7.32. The molecule has 0 spiro atoms. The Bertz CT molecular complexity index is 1100. The second-order valence-electron chi connectivity index (χ2n) is 6.19. The maximum Gasteiger partial charge on any atom is 0.256 e. The molecule has 5 nitrogen and oxygen atoms in total. The lowest BCUT2D eigenvalue weighted by molar-refractivity contribution is 0.102. The van der Waals surface area contributed by atoms with E-state index in [9.17, 15) is 4.79 Å². The smallest absolute Gasteiger partial charge is 0.256 e. The van der Waals surface area contributed by atoms with Gasteiger partial charge in [-0.05, 0) is 42.5 Å². The predicted molar refractivity (Wildman–Crippen MR) is 110 cm³/mol. The van der Waals surface area contributed by atoms with Gasteiger partial charge in [-0.3, -0.25) is 4.79 Å². The normalized spacial score (nSPS) is 11.0. The minimum absolute atomic E-state index is 0.142. The van der Waals surface area contributed by atoms with Gasteiger partial charge in [0.1, 0.15) is 0 Å². The molecule has 0 aliphatic rings. The van der Waals surface area contributed by atoms with E-state index in [0.29, 0.717) is 12.1 Å². The molecule has 1 amide bonds. The first kappa shape index (κ1) is 17.4. The summed E-state index contributed by atoms with van der Waals surface area (Å²) in [4.78, 5) is 18.9. The van der Waals surface area contributed by atoms with Crippen molar-refractivity contribution in [2.75, 3.05) is 5.32 Å². The lowest BCUT2D eigenvalue weighted by Crippen LogP contribution is -2.14. The van der Waals surface area contributed by atoms with Crippen molar-refractivity contribution in [3.8, 4) is 10.6 Å². The van der Waals surface area contributed by atoms with Crippen LogP contribution in [0, 0.1) is 0 Å². The number of para-hydroxylation sites is 1. The fourth-order valence-corrected chi connectivity index (χ4v) is 3.84. The maximum absolute atomic E-state index is 13.1. The standard InChI is InChI=1S/C21H20N4OS/c1-3-14-8-5-6-9-17(14)24-21(26)15-12-18(19-10-7-11-27-19)23-20-16(15)13-22-25(20)4-2/h5-13H,3-4H2,1-2H3,(H,24,26). The summed E-state index contributed by atoms with van der Waals surface area (Å²) in [7, 11) is 0. The third-order valence-electron chi connectivity index (χ3n) is 4.57. The number of anilines is 1. The van der Waals surface area contributed by atoms with Gasteiger partial charge < -0.3 is 5.32 Å². The SMILES string of the molecule is CCc1ccccc1NC(=O)c1cc(-c2cccs2)nc2c1cnn2CC. The van der Waals surface area contributed by atoms with Crippen LogP contribution in [0.3, 0.4) is 0 Å². The van der Waals surface area contributed by atoms with Crippen molar-refractivity contribution in [3.63, 3.8) is 0 Å². The molecular formula is C21H20N4OS. The molecule has 27 heavy (non-hydrogen) atoms. The topological polar surface area (TPSA) is 59.8 Å². The molecule has 3 aromatic heterocycles. The molecule has 0 unspecified atom stereocenters. The number of carbonyl (C=O) groups excluding carboxylic acids is 1. The molecule has 4 rings (SSSR count). The number of hydrogen-bond acceptors (Lipinski definition) is 4. The summed E-state index contributed by atoms with van der Waals surface area (Å²) in [5.41, 5.74) is 4.07. The number of aryl methyl sites for hydroxylation is 2. The summed E-state index contributed by atoms with van der Waals surface area (Å²) in [6.45, 7) is 4.79. The van der Waals surface area contributed by atoms with Crippen LogP contribution in [0.2, 0.25) is 0 Å². The average Bonchev–Trinajstić information content (AvgIpc) is 3.37. The summed E-state index contributed by atoms with van der Waals surface area (Å²) in [6.07, 6.45) is 2.58. The number of aromatic nitrogens is 3. The summed E-state index contributed by atoms with van der Waals surface area (Å²) < 4.78 is 1.82. The van der Waals surface area contributed by atoms with Gasteiger partial charge in [-0.15, -0.1) is 11.3 Å². The number of amides is 1. The van der Waals surface area contributed by atoms with E-state index < -0.39 is 0 Å². The molecule has 0 radical (unpaired) electrons. The van der Waals surface area contributed by atoms with Gasteiger partial charge in [0.2, 0.25) is 0 Å². The van der Waals surface area contributed by atoms with Crippen molar-refractivity contribution < 1.29 is 4.79 Å². The molecule has 1 N–H and O–H groups in total. The van der Waals surface area contributed by atoms with Crippen LogP contribution < -0.4 is 5.32 Å². The monoisotopic (exact) mass is 376 g/mol. The molecule has 6 heteroatoms. The van der Waals surface area contributed by atoms with Crippen LogP contribution in [0.25, 0.3) is 21.6 Å². The van der Waals surface area contributed by atoms with Crippen molar-refractivity contribution in [3.05, 3.63) is 65.2 Å². The average molecular weight is 376 g/mol. The third-order valence-corrected chi connectivity index (χ3v) is 5.47. The Morgan fingerprint density at radius 1 is 1.19 bits per heavy atom. The number of pyridine rings is 1. The molecule has 0 saturated heterocycles. The first-order chi connectivity index (χ1) is 13.2. The second-order valence-corrected chi connectivity index (χ2v) is 7.14. The van der Waals surface area contributed by atoms with Crippen LogP contribution in [-0.2, 0) is 13.0 Å². The van der Waals surface area contributed by atoms with Gasteiger partial charge in [0.15, 0.2) is 5.65 Å². The predicted octanol–water partition coefficient (Wildman–Crippen LogP) is 4.99. The highest BCUT2D eigenvalue weighted by Gasteiger charge is 2.18. The van der Waals surface area contributed by atoms with E-state index in [-0.39, 0.29) is 5.91 Å². The van der Waals surface area contributed by atoms with E-state index in [1.54, 1.807) is 17.5 Å². The molecule has 3 heterocycles. The number of benzene rings is 1. The molecule has 136 valence electrons. The quantitative estimate of drug-likeness (QED) is 0.533. The van der Waals surface area contributed by atoms with Crippen LogP contribution in [0.5, 0.6) is 0 Å². The van der Waals surface area contributed by atoms with E-state index in [4.69, 9.17) is 4.98 Å². The van der Waals surface area contributed by atoms with Crippen molar-refractivity contribution >= 4 is 34.0 Å². The van der Waals surface area contributed by atoms with Crippen LogP contribution in [-0.4, -0.2) is 20.7 Å². The number of nitrogens with zero attached hydrogens (tertiary/aromatic N) is 3. The van der Waals surface area contributed by atoms with Crippen molar-refractivity contribution in [1.29, 1.82) is 0 Å². The van der Waals surface area contributed by atoms with E-state index in [1.165, 1.54) is 0 Å². The van der Waals surface area contributed by atoms with E-state index in [0.717, 1.165) is 39.3 Å². The molecule has 0 aliphatic heterocycles. The van der Waals surface area contributed by atoms with Gasteiger partial charge in [0.05, 0.1) is 27.7 Å². The zero-order valence-corrected chi connectivity index (χ0v) is 16.1. The zero-order valence-electron chi connectivity index (χ0n) is 15.3. The molecule has 0 aliphatic carbocycles. The minimum atomic E-state index is -0.142. The van der Waals surface area contributed by atoms with Gasteiger partial charge >= 0.3 is 0 Å². The first-order valence-electron chi connectivity index (χ1n) is 9.01. The summed E-state index contributed by atoms with van der Waals surface area (Å²) >= 11 is 1.61. The summed E-state index contributed by atoms with van der Waals surface area (Å²) in [5, 5.41) is 10.2. The fourth-order valence-electron chi connectivity index (χ4n) is 3.16. The molecular weight excluding hydrogens is 356 g/mol.